The van der Waals surface area contributed by atoms with Crippen LogP contribution in [0, 0.1) is 18.6 Å². The number of hydrogen-bond acceptors (Lipinski definition) is 2. The van der Waals surface area contributed by atoms with Crippen molar-refractivity contribution in [2.75, 3.05) is 0 Å². The Morgan fingerprint density at radius 3 is 2.50 bits per heavy atom. The van der Waals surface area contributed by atoms with Crippen molar-refractivity contribution in [2.24, 2.45) is 5.73 Å². The van der Waals surface area contributed by atoms with Crippen molar-refractivity contribution < 1.29 is 8.78 Å². The molecule has 5 heteroatoms. The van der Waals surface area contributed by atoms with Crippen LogP contribution in [0.15, 0.2) is 24.7 Å². The van der Waals surface area contributed by atoms with E-state index in [1.807, 2.05) is 0 Å². The zero-order valence-electron chi connectivity index (χ0n) is 10.5. The van der Waals surface area contributed by atoms with Crippen LogP contribution in [0.1, 0.15) is 25.1 Å². The highest BCUT2D eigenvalue weighted by molar-refractivity contribution is 5.39. The molecule has 18 heavy (non-hydrogen) atoms. The van der Waals surface area contributed by atoms with Crippen molar-refractivity contribution in [1.82, 2.24) is 9.55 Å². The predicted octanol–water partition coefficient (Wildman–Crippen LogP) is 2.65. The number of hydrogen-bond donors (Lipinski definition) is 1. The third kappa shape index (κ3) is 2.13. The average molecular weight is 251 g/mol. The monoisotopic (exact) mass is 251 g/mol. The van der Waals surface area contributed by atoms with Gasteiger partial charge in [-0.05, 0) is 32.4 Å². The zero-order chi connectivity index (χ0) is 13.5. The van der Waals surface area contributed by atoms with Gasteiger partial charge in [0, 0.05) is 6.07 Å². The fourth-order valence-corrected chi connectivity index (χ4v) is 1.78. The van der Waals surface area contributed by atoms with E-state index >= 15 is 0 Å². The second kappa shape index (κ2) is 4.17. The Morgan fingerprint density at radius 1 is 1.22 bits per heavy atom. The van der Waals surface area contributed by atoms with E-state index in [4.69, 9.17) is 5.73 Å². The first kappa shape index (κ1) is 12.7. The number of aromatic nitrogens is 2. The molecule has 0 fully saturated rings. The number of nitrogens with two attached hydrogens (primary N) is 1. The van der Waals surface area contributed by atoms with Gasteiger partial charge in [-0.25, -0.2) is 13.8 Å². The van der Waals surface area contributed by atoms with Gasteiger partial charge in [0.15, 0.2) is 0 Å². The highest BCUT2D eigenvalue weighted by Gasteiger charge is 2.21. The summed E-state index contributed by atoms with van der Waals surface area (Å²) in [5.41, 5.74) is 6.29. The SMILES string of the molecule is Cc1cc(F)c(-n2cncc2C(C)(C)N)cc1F. The normalized spacial score (nSPS) is 11.9. The Morgan fingerprint density at radius 2 is 1.89 bits per heavy atom. The lowest BCUT2D eigenvalue weighted by atomic mass is 10.0. The molecule has 0 radical (unpaired) electrons. The zero-order valence-corrected chi connectivity index (χ0v) is 10.5. The number of imidazole rings is 1. The number of nitrogens with zero attached hydrogens (tertiary/aromatic N) is 2. The van der Waals surface area contributed by atoms with Crippen LogP contribution in [0.3, 0.4) is 0 Å². The lowest BCUT2D eigenvalue weighted by Gasteiger charge is -2.21. The minimum absolute atomic E-state index is 0.115. The smallest absolute Gasteiger partial charge is 0.147 e. The maximum absolute atomic E-state index is 13.9. The lowest BCUT2D eigenvalue weighted by Crippen LogP contribution is -2.31. The third-order valence-electron chi connectivity index (χ3n) is 2.79. The van der Waals surface area contributed by atoms with Crippen molar-refractivity contribution >= 4 is 0 Å². The molecule has 0 spiro atoms. The van der Waals surface area contributed by atoms with Crippen LogP contribution in [0.4, 0.5) is 8.78 Å². The quantitative estimate of drug-likeness (QED) is 0.891. The number of aryl methyl sites for hydroxylation is 1. The summed E-state index contributed by atoms with van der Waals surface area (Å²) in [5, 5.41) is 0. The van der Waals surface area contributed by atoms with Gasteiger partial charge in [-0.2, -0.15) is 0 Å². The van der Waals surface area contributed by atoms with E-state index in [9.17, 15) is 8.78 Å². The predicted molar refractivity (Wildman–Crippen MR) is 65.4 cm³/mol. The van der Waals surface area contributed by atoms with Crippen LogP contribution in [0.5, 0.6) is 0 Å². The van der Waals surface area contributed by atoms with Crippen molar-refractivity contribution in [1.29, 1.82) is 0 Å². The van der Waals surface area contributed by atoms with Crippen LogP contribution in [0.2, 0.25) is 0 Å². The number of rotatable bonds is 2. The fraction of sp³-hybridized carbons (Fsp3) is 0.308. The van der Waals surface area contributed by atoms with Crippen molar-refractivity contribution in [3.05, 3.63) is 47.5 Å². The van der Waals surface area contributed by atoms with Gasteiger partial charge in [0.1, 0.15) is 11.6 Å². The molecule has 96 valence electrons. The van der Waals surface area contributed by atoms with Gasteiger partial charge >= 0.3 is 0 Å². The Labute approximate surface area is 104 Å². The van der Waals surface area contributed by atoms with Gasteiger partial charge < -0.3 is 5.73 Å². The van der Waals surface area contributed by atoms with Gasteiger partial charge in [-0.3, -0.25) is 4.57 Å². The average Bonchev–Trinajstić information content (AvgIpc) is 2.71. The lowest BCUT2D eigenvalue weighted by molar-refractivity contribution is 0.517. The first-order valence-corrected chi connectivity index (χ1v) is 5.58. The minimum Gasteiger partial charge on any atom is -0.321 e. The molecule has 3 nitrogen and oxygen atoms in total. The Kier molecular flexibility index (Phi) is 2.94. The first-order chi connectivity index (χ1) is 8.30. The number of benzene rings is 1. The summed E-state index contributed by atoms with van der Waals surface area (Å²) in [4.78, 5) is 3.95. The van der Waals surface area contributed by atoms with Crippen LogP contribution in [-0.4, -0.2) is 9.55 Å². The van der Waals surface area contributed by atoms with Gasteiger partial charge in [0.2, 0.25) is 0 Å². The molecule has 2 rings (SSSR count). The van der Waals surface area contributed by atoms with Crippen molar-refractivity contribution in [3.63, 3.8) is 0 Å². The summed E-state index contributed by atoms with van der Waals surface area (Å²) >= 11 is 0. The molecule has 0 amide bonds. The standard InChI is InChI=1S/C13H15F2N3/c1-8-4-10(15)11(5-9(8)14)18-7-17-6-12(18)13(2,3)16/h4-7H,16H2,1-3H3. The van der Waals surface area contributed by atoms with E-state index in [0.29, 0.717) is 5.69 Å². The maximum Gasteiger partial charge on any atom is 0.147 e. The molecule has 1 aromatic carbocycles. The fourth-order valence-electron chi connectivity index (χ4n) is 1.78. The summed E-state index contributed by atoms with van der Waals surface area (Å²) in [7, 11) is 0. The van der Waals surface area contributed by atoms with E-state index in [2.05, 4.69) is 4.98 Å². The van der Waals surface area contributed by atoms with E-state index < -0.39 is 17.2 Å². The van der Waals surface area contributed by atoms with Crippen LogP contribution >= 0.6 is 0 Å². The molecule has 2 aromatic rings. The van der Waals surface area contributed by atoms with E-state index in [0.717, 1.165) is 12.1 Å². The van der Waals surface area contributed by atoms with E-state index in [-0.39, 0.29) is 11.3 Å². The molecule has 0 atom stereocenters. The highest BCUT2D eigenvalue weighted by atomic mass is 19.1. The van der Waals surface area contributed by atoms with Crippen molar-refractivity contribution in [2.45, 2.75) is 26.3 Å². The van der Waals surface area contributed by atoms with Gasteiger partial charge in [-0.15, -0.1) is 0 Å². The Hall–Kier alpha value is -1.75. The third-order valence-corrected chi connectivity index (χ3v) is 2.79. The summed E-state index contributed by atoms with van der Waals surface area (Å²) in [6, 6.07) is 2.32. The maximum atomic E-state index is 13.9. The molecule has 1 aromatic heterocycles. The second-order valence-corrected chi connectivity index (χ2v) is 4.92. The van der Waals surface area contributed by atoms with Crippen LogP contribution < -0.4 is 5.73 Å². The molecule has 0 bridgehead atoms. The molecule has 0 unspecified atom stereocenters. The topological polar surface area (TPSA) is 43.8 Å². The van der Waals surface area contributed by atoms with Gasteiger partial charge in [0.05, 0.1) is 29.4 Å². The second-order valence-electron chi connectivity index (χ2n) is 4.92. The number of halogens is 2. The molecule has 0 saturated heterocycles. The molecular weight excluding hydrogens is 236 g/mol. The molecule has 0 aliphatic rings. The summed E-state index contributed by atoms with van der Waals surface area (Å²) in [5.74, 6) is -0.960. The first-order valence-electron chi connectivity index (χ1n) is 5.58. The summed E-state index contributed by atoms with van der Waals surface area (Å²) in [6.45, 7) is 5.08. The van der Waals surface area contributed by atoms with Crippen LogP contribution in [0.25, 0.3) is 5.69 Å². The molecule has 0 saturated carbocycles. The highest BCUT2D eigenvalue weighted by Crippen LogP contribution is 2.24. The molecule has 0 aliphatic heterocycles. The minimum atomic E-state index is -0.690. The van der Waals surface area contributed by atoms with Gasteiger partial charge in [-0.1, -0.05) is 0 Å². The van der Waals surface area contributed by atoms with Gasteiger partial charge in [0.25, 0.3) is 0 Å². The Balaban J connectivity index is 2.64. The summed E-state index contributed by atoms with van der Waals surface area (Å²) < 4.78 is 28.9. The molecule has 2 N–H and O–H groups in total. The van der Waals surface area contributed by atoms with E-state index in [1.54, 1.807) is 20.0 Å². The molecular formula is C13H15F2N3. The molecule has 1 heterocycles. The van der Waals surface area contributed by atoms with E-state index in [1.165, 1.54) is 17.8 Å². The van der Waals surface area contributed by atoms with Crippen LogP contribution in [-0.2, 0) is 5.54 Å². The molecule has 0 aliphatic carbocycles. The largest absolute Gasteiger partial charge is 0.321 e. The van der Waals surface area contributed by atoms with Crippen molar-refractivity contribution in [3.8, 4) is 5.69 Å². The summed E-state index contributed by atoms with van der Waals surface area (Å²) in [6.07, 6.45) is 2.98. The Bertz CT molecular complexity index is 582.